The zero-order valence-corrected chi connectivity index (χ0v) is 19.1. The Kier molecular flexibility index (Phi) is 6.19. The third-order valence-electron chi connectivity index (χ3n) is 5.55. The van der Waals surface area contributed by atoms with E-state index in [9.17, 15) is 13.2 Å². The van der Waals surface area contributed by atoms with Crippen molar-refractivity contribution in [2.75, 3.05) is 22.7 Å². The van der Waals surface area contributed by atoms with Gasteiger partial charge in [0.25, 0.3) is 10.0 Å². The standard InChI is InChI=1S/C25H27N3O3S/c1-19-9-12-22(13-10-19)32(30,31)26-23-17-20(2)11-14-24(23)28-16-6-15-27(25(28)29)18-21-7-4-3-5-8-21/h3-5,7-14,17,26H,6,15-16,18H2,1-2H3. The molecule has 3 aromatic carbocycles. The number of amides is 2. The van der Waals surface area contributed by atoms with Gasteiger partial charge in [0.1, 0.15) is 0 Å². The number of nitrogens with zero attached hydrogens (tertiary/aromatic N) is 2. The summed E-state index contributed by atoms with van der Waals surface area (Å²) < 4.78 is 28.7. The number of aryl methyl sites for hydroxylation is 2. The van der Waals surface area contributed by atoms with E-state index in [4.69, 9.17) is 0 Å². The average molecular weight is 450 g/mol. The molecule has 1 fully saturated rings. The highest BCUT2D eigenvalue weighted by molar-refractivity contribution is 7.92. The summed E-state index contributed by atoms with van der Waals surface area (Å²) in [4.78, 5) is 17.0. The molecule has 0 spiro atoms. The third kappa shape index (κ3) is 4.78. The maximum absolute atomic E-state index is 13.3. The molecule has 0 aromatic heterocycles. The van der Waals surface area contributed by atoms with Crippen molar-refractivity contribution >= 4 is 27.4 Å². The van der Waals surface area contributed by atoms with E-state index in [1.807, 2.05) is 56.3 Å². The minimum Gasteiger partial charge on any atom is -0.320 e. The van der Waals surface area contributed by atoms with E-state index < -0.39 is 10.0 Å². The minimum atomic E-state index is -3.79. The molecule has 0 saturated carbocycles. The second kappa shape index (κ2) is 9.04. The normalized spacial score (nSPS) is 14.5. The molecule has 6 nitrogen and oxygen atoms in total. The molecule has 1 aliphatic rings. The zero-order chi connectivity index (χ0) is 22.7. The molecule has 32 heavy (non-hydrogen) atoms. The Morgan fingerprint density at radius 3 is 2.28 bits per heavy atom. The number of carbonyl (C=O) groups is 1. The van der Waals surface area contributed by atoms with Crippen LogP contribution in [-0.2, 0) is 16.6 Å². The summed E-state index contributed by atoms with van der Waals surface area (Å²) >= 11 is 0. The van der Waals surface area contributed by atoms with Gasteiger partial charge >= 0.3 is 6.03 Å². The van der Waals surface area contributed by atoms with Gasteiger partial charge in [-0.3, -0.25) is 9.62 Å². The van der Waals surface area contributed by atoms with Crippen LogP contribution in [0.5, 0.6) is 0 Å². The molecular formula is C25H27N3O3S. The molecule has 1 aliphatic heterocycles. The van der Waals surface area contributed by atoms with Crippen molar-refractivity contribution in [3.63, 3.8) is 0 Å². The Morgan fingerprint density at radius 2 is 1.56 bits per heavy atom. The van der Waals surface area contributed by atoms with Crippen molar-refractivity contribution in [2.24, 2.45) is 0 Å². The van der Waals surface area contributed by atoms with E-state index in [0.717, 1.165) is 23.1 Å². The summed E-state index contributed by atoms with van der Waals surface area (Å²) in [7, 11) is -3.79. The summed E-state index contributed by atoms with van der Waals surface area (Å²) in [5, 5.41) is 0. The van der Waals surface area contributed by atoms with E-state index in [1.165, 1.54) is 0 Å². The lowest BCUT2D eigenvalue weighted by Crippen LogP contribution is -2.49. The van der Waals surface area contributed by atoms with E-state index in [2.05, 4.69) is 4.72 Å². The molecule has 2 amide bonds. The van der Waals surface area contributed by atoms with Gasteiger partial charge < -0.3 is 4.90 Å². The summed E-state index contributed by atoms with van der Waals surface area (Å²) in [5.74, 6) is 0. The number of anilines is 2. The highest BCUT2D eigenvalue weighted by Crippen LogP contribution is 2.32. The van der Waals surface area contributed by atoms with Gasteiger partial charge in [-0.25, -0.2) is 13.2 Å². The lowest BCUT2D eigenvalue weighted by Gasteiger charge is -2.36. The topological polar surface area (TPSA) is 69.7 Å². The van der Waals surface area contributed by atoms with Gasteiger partial charge in [-0.2, -0.15) is 0 Å². The van der Waals surface area contributed by atoms with Crippen LogP contribution >= 0.6 is 0 Å². The van der Waals surface area contributed by atoms with Crippen LogP contribution in [-0.4, -0.2) is 32.4 Å². The first-order chi connectivity index (χ1) is 15.3. The number of hydrogen-bond acceptors (Lipinski definition) is 3. The Morgan fingerprint density at radius 1 is 0.875 bits per heavy atom. The molecule has 3 aromatic rings. The lowest BCUT2D eigenvalue weighted by atomic mass is 10.1. The summed E-state index contributed by atoms with van der Waals surface area (Å²) in [5.41, 5.74) is 3.92. The van der Waals surface area contributed by atoms with Crippen molar-refractivity contribution in [2.45, 2.75) is 31.7 Å². The van der Waals surface area contributed by atoms with Crippen LogP contribution in [0.4, 0.5) is 16.2 Å². The number of hydrogen-bond donors (Lipinski definition) is 1. The fourth-order valence-corrected chi connectivity index (χ4v) is 4.91. The summed E-state index contributed by atoms with van der Waals surface area (Å²) in [6, 6.07) is 21.9. The van der Waals surface area contributed by atoms with Crippen molar-refractivity contribution in [3.8, 4) is 0 Å². The summed E-state index contributed by atoms with van der Waals surface area (Å²) in [6.45, 7) is 5.53. The van der Waals surface area contributed by atoms with Gasteiger partial charge in [-0.05, 0) is 55.7 Å². The lowest BCUT2D eigenvalue weighted by molar-refractivity contribution is 0.192. The summed E-state index contributed by atoms with van der Waals surface area (Å²) in [6.07, 6.45) is 0.802. The van der Waals surface area contributed by atoms with Crippen molar-refractivity contribution < 1.29 is 13.2 Å². The van der Waals surface area contributed by atoms with Crippen LogP contribution in [0.15, 0.2) is 77.7 Å². The van der Waals surface area contributed by atoms with Gasteiger partial charge in [-0.15, -0.1) is 0 Å². The smallest absolute Gasteiger partial charge is 0.320 e. The van der Waals surface area contributed by atoms with Crippen LogP contribution < -0.4 is 9.62 Å². The SMILES string of the molecule is Cc1ccc(S(=O)(=O)Nc2cc(C)ccc2N2CCCN(Cc3ccccc3)C2=O)cc1. The number of rotatable bonds is 6. The Labute approximate surface area is 189 Å². The highest BCUT2D eigenvalue weighted by atomic mass is 32.2. The second-order valence-electron chi connectivity index (χ2n) is 8.13. The fourth-order valence-electron chi connectivity index (χ4n) is 3.84. The van der Waals surface area contributed by atoms with Crippen LogP contribution in [0.1, 0.15) is 23.1 Å². The van der Waals surface area contributed by atoms with E-state index in [-0.39, 0.29) is 10.9 Å². The predicted octanol–water partition coefficient (Wildman–Crippen LogP) is 4.94. The molecule has 0 radical (unpaired) electrons. The van der Waals surface area contributed by atoms with E-state index in [0.29, 0.717) is 31.0 Å². The fraction of sp³-hybridized carbons (Fsp3) is 0.240. The number of benzene rings is 3. The van der Waals surface area contributed by atoms with Gasteiger partial charge in [0.2, 0.25) is 0 Å². The maximum atomic E-state index is 13.3. The third-order valence-corrected chi connectivity index (χ3v) is 6.93. The number of nitrogens with one attached hydrogen (secondary N) is 1. The molecule has 1 N–H and O–H groups in total. The molecule has 0 unspecified atom stereocenters. The molecule has 4 rings (SSSR count). The van der Waals surface area contributed by atoms with E-state index in [1.54, 1.807) is 40.1 Å². The molecule has 0 bridgehead atoms. The molecule has 1 heterocycles. The molecule has 1 saturated heterocycles. The van der Waals surface area contributed by atoms with Gasteiger partial charge in [0.05, 0.1) is 16.3 Å². The van der Waals surface area contributed by atoms with Crippen molar-refractivity contribution in [3.05, 3.63) is 89.5 Å². The van der Waals surface area contributed by atoms with E-state index >= 15 is 0 Å². The number of carbonyl (C=O) groups excluding carboxylic acids is 1. The average Bonchev–Trinajstić information content (AvgIpc) is 2.77. The molecular weight excluding hydrogens is 422 g/mol. The van der Waals surface area contributed by atoms with Gasteiger partial charge in [0, 0.05) is 19.6 Å². The molecule has 0 aliphatic carbocycles. The minimum absolute atomic E-state index is 0.125. The molecule has 166 valence electrons. The van der Waals surface area contributed by atoms with Crippen LogP contribution in [0.25, 0.3) is 0 Å². The quantitative estimate of drug-likeness (QED) is 0.580. The van der Waals surface area contributed by atoms with Crippen LogP contribution in [0, 0.1) is 13.8 Å². The largest absolute Gasteiger partial charge is 0.324 e. The number of urea groups is 1. The first-order valence-corrected chi connectivity index (χ1v) is 12.1. The maximum Gasteiger partial charge on any atom is 0.324 e. The first kappa shape index (κ1) is 21.9. The Hall–Kier alpha value is -3.32. The molecule has 0 atom stereocenters. The molecule has 7 heteroatoms. The van der Waals surface area contributed by atoms with Gasteiger partial charge in [-0.1, -0.05) is 54.1 Å². The second-order valence-corrected chi connectivity index (χ2v) is 9.82. The van der Waals surface area contributed by atoms with Crippen LogP contribution in [0.3, 0.4) is 0 Å². The number of sulfonamides is 1. The van der Waals surface area contributed by atoms with Crippen molar-refractivity contribution in [1.29, 1.82) is 0 Å². The van der Waals surface area contributed by atoms with Crippen LogP contribution in [0.2, 0.25) is 0 Å². The monoisotopic (exact) mass is 449 g/mol. The highest BCUT2D eigenvalue weighted by Gasteiger charge is 2.29. The van der Waals surface area contributed by atoms with Gasteiger partial charge in [0.15, 0.2) is 0 Å². The predicted molar refractivity (Wildman–Crippen MR) is 127 cm³/mol. The zero-order valence-electron chi connectivity index (χ0n) is 18.3. The van der Waals surface area contributed by atoms with Crippen molar-refractivity contribution in [1.82, 2.24) is 4.90 Å². The Balaban J connectivity index is 1.62. The first-order valence-electron chi connectivity index (χ1n) is 10.6. The Bertz CT molecular complexity index is 1210.